The minimum absolute atomic E-state index is 0.343. The van der Waals surface area contributed by atoms with E-state index in [4.69, 9.17) is 4.74 Å². The summed E-state index contributed by atoms with van der Waals surface area (Å²) in [5.74, 6) is 0.934. The molecule has 0 unspecified atom stereocenters. The highest BCUT2D eigenvalue weighted by Gasteiger charge is 2.09. The van der Waals surface area contributed by atoms with Gasteiger partial charge in [0, 0.05) is 18.7 Å². The molecular formula is C17H23NO2. The zero-order valence-corrected chi connectivity index (χ0v) is 12.2. The van der Waals surface area contributed by atoms with Crippen LogP contribution in [-0.2, 0) is 6.54 Å². The highest BCUT2D eigenvalue weighted by molar-refractivity contribution is 5.87. The summed E-state index contributed by atoms with van der Waals surface area (Å²) in [6.45, 7) is 5.89. The quantitative estimate of drug-likeness (QED) is 0.814. The molecule has 20 heavy (non-hydrogen) atoms. The van der Waals surface area contributed by atoms with Gasteiger partial charge >= 0.3 is 0 Å². The van der Waals surface area contributed by atoms with E-state index >= 15 is 0 Å². The number of fused-ring (bicyclic) bond motifs is 1. The second-order valence-electron chi connectivity index (χ2n) is 5.09. The maximum atomic E-state index is 9.36. The van der Waals surface area contributed by atoms with E-state index in [-0.39, 0.29) is 6.10 Å². The summed E-state index contributed by atoms with van der Waals surface area (Å²) < 4.78 is 5.85. The van der Waals surface area contributed by atoms with Crippen LogP contribution in [0.15, 0.2) is 36.4 Å². The molecule has 2 rings (SSSR count). The van der Waals surface area contributed by atoms with Crippen molar-refractivity contribution < 1.29 is 9.84 Å². The van der Waals surface area contributed by atoms with E-state index in [2.05, 4.69) is 30.4 Å². The van der Waals surface area contributed by atoms with Gasteiger partial charge in [0.15, 0.2) is 0 Å². The molecule has 0 amide bonds. The third-order valence-electron chi connectivity index (χ3n) is 3.20. The first-order valence-corrected chi connectivity index (χ1v) is 7.24. The highest BCUT2D eigenvalue weighted by Crippen LogP contribution is 2.28. The first kappa shape index (κ1) is 14.8. The maximum absolute atomic E-state index is 9.36. The predicted octanol–water partition coefficient (Wildman–Crippen LogP) is 3.10. The Labute approximate surface area is 120 Å². The van der Waals surface area contributed by atoms with E-state index in [1.54, 1.807) is 6.92 Å². The highest BCUT2D eigenvalue weighted by atomic mass is 16.5. The molecule has 0 fully saturated rings. The van der Waals surface area contributed by atoms with Crippen LogP contribution in [0.5, 0.6) is 5.75 Å². The molecule has 0 saturated carbocycles. The van der Waals surface area contributed by atoms with Crippen LogP contribution in [-0.4, -0.2) is 24.4 Å². The lowest BCUT2D eigenvalue weighted by Gasteiger charge is -2.15. The average Bonchev–Trinajstić information content (AvgIpc) is 2.45. The smallest absolute Gasteiger partial charge is 0.124 e. The van der Waals surface area contributed by atoms with Crippen LogP contribution in [0.1, 0.15) is 25.8 Å². The summed E-state index contributed by atoms with van der Waals surface area (Å²) in [6.07, 6.45) is 0.651. The molecule has 3 heteroatoms. The average molecular weight is 273 g/mol. The Morgan fingerprint density at radius 1 is 1.20 bits per heavy atom. The predicted molar refractivity (Wildman–Crippen MR) is 83.1 cm³/mol. The minimum Gasteiger partial charge on any atom is -0.493 e. The SMILES string of the molecule is CCCOc1ccc2ccccc2c1CNC[C@@H](C)O. The van der Waals surface area contributed by atoms with Crippen LogP contribution in [0.25, 0.3) is 10.8 Å². The monoisotopic (exact) mass is 273 g/mol. The van der Waals surface area contributed by atoms with Gasteiger partial charge in [0.25, 0.3) is 0 Å². The Kier molecular flexibility index (Phi) is 5.39. The summed E-state index contributed by atoms with van der Waals surface area (Å²) in [4.78, 5) is 0. The lowest BCUT2D eigenvalue weighted by atomic mass is 10.0. The Morgan fingerprint density at radius 3 is 2.75 bits per heavy atom. The van der Waals surface area contributed by atoms with Gasteiger partial charge < -0.3 is 15.2 Å². The number of benzene rings is 2. The molecule has 0 aliphatic carbocycles. The van der Waals surface area contributed by atoms with E-state index in [0.29, 0.717) is 13.1 Å². The van der Waals surface area contributed by atoms with Crippen molar-refractivity contribution in [3.05, 3.63) is 42.0 Å². The Morgan fingerprint density at radius 2 is 2.00 bits per heavy atom. The number of aliphatic hydroxyl groups excluding tert-OH is 1. The molecule has 108 valence electrons. The van der Waals surface area contributed by atoms with Crippen molar-refractivity contribution in [1.82, 2.24) is 5.32 Å². The van der Waals surface area contributed by atoms with Crippen molar-refractivity contribution >= 4 is 10.8 Å². The maximum Gasteiger partial charge on any atom is 0.124 e. The molecule has 0 aromatic heterocycles. The van der Waals surface area contributed by atoms with Gasteiger partial charge in [0.1, 0.15) is 5.75 Å². The van der Waals surface area contributed by atoms with Gasteiger partial charge in [0.2, 0.25) is 0 Å². The first-order chi connectivity index (χ1) is 9.72. The van der Waals surface area contributed by atoms with Gasteiger partial charge in [-0.15, -0.1) is 0 Å². The van der Waals surface area contributed by atoms with E-state index < -0.39 is 0 Å². The number of hydrogen-bond acceptors (Lipinski definition) is 3. The van der Waals surface area contributed by atoms with Crippen LogP contribution < -0.4 is 10.1 Å². The van der Waals surface area contributed by atoms with E-state index in [0.717, 1.165) is 24.3 Å². The van der Waals surface area contributed by atoms with Crippen molar-refractivity contribution in [2.45, 2.75) is 32.9 Å². The lowest BCUT2D eigenvalue weighted by Crippen LogP contribution is -2.24. The fourth-order valence-electron chi connectivity index (χ4n) is 2.25. The molecule has 0 bridgehead atoms. The van der Waals surface area contributed by atoms with Gasteiger partial charge in [-0.05, 0) is 30.2 Å². The molecule has 0 aliphatic rings. The standard InChI is InChI=1S/C17H23NO2/c1-3-10-20-17-9-8-14-6-4-5-7-15(14)16(17)12-18-11-13(2)19/h4-9,13,18-19H,3,10-12H2,1-2H3/t13-/m1/s1. The fourth-order valence-corrected chi connectivity index (χ4v) is 2.25. The van der Waals surface area contributed by atoms with Crippen molar-refractivity contribution in [1.29, 1.82) is 0 Å². The summed E-state index contributed by atoms with van der Waals surface area (Å²) in [5.41, 5.74) is 1.16. The molecule has 2 N–H and O–H groups in total. The summed E-state index contributed by atoms with van der Waals surface area (Å²) in [7, 11) is 0. The Bertz CT molecular complexity index is 552. The fraction of sp³-hybridized carbons (Fsp3) is 0.412. The summed E-state index contributed by atoms with van der Waals surface area (Å²) in [6, 6.07) is 12.5. The third kappa shape index (κ3) is 3.71. The van der Waals surface area contributed by atoms with E-state index in [9.17, 15) is 5.11 Å². The molecule has 1 atom stereocenters. The zero-order valence-electron chi connectivity index (χ0n) is 12.2. The zero-order chi connectivity index (χ0) is 14.4. The van der Waals surface area contributed by atoms with Crippen LogP contribution >= 0.6 is 0 Å². The number of ether oxygens (including phenoxy) is 1. The molecule has 0 aliphatic heterocycles. The number of aliphatic hydroxyl groups is 1. The number of nitrogens with one attached hydrogen (secondary N) is 1. The topological polar surface area (TPSA) is 41.5 Å². The minimum atomic E-state index is -0.343. The van der Waals surface area contributed by atoms with Crippen LogP contribution in [0, 0.1) is 0 Å². The Balaban J connectivity index is 2.29. The molecule has 0 radical (unpaired) electrons. The summed E-state index contributed by atoms with van der Waals surface area (Å²) in [5, 5.41) is 15.1. The number of hydrogen-bond donors (Lipinski definition) is 2. The molecule has 0 saturated heterocycles. The van der Waals surface area contributed by atoms with E-state index in [1.165, 1.54) is 10.8 Å². The molecule has 2 aromatic rings. The van der Waals surface area contributed by atoms with Gasteiger partial charge in [-0.3, -0.25) is 0 Å². The largest absolute Gasteiger partial charge is 0.493 e. The Hall–Kier alpha value is -1.58. The lowest BCUT2D eigenvalue weighted by molar-refractivity contribution is 0.190. The second-order valence-corrected chi connectivity index (χ2v) is 5.09. The van der Waals surface area contributed by atoms with Crippen molar-refractivity contribution in [3.8, 4) is 5.75 Å². The summed E-state index contributed by atoms with van der Waals surface area (Å²) >= 11 is 0. The molecule has 3 nitrogen and oxygen atoms in total. The third-order valence-corrected chi connectivity index (χ3v) is 3.20. The second kappa shape index (κ2) is 7.27. The van der Waals surface area contributed by atoms with Gasteiger partial charge in [-0.2, -0.15) is 0 Å². The normalized spacial score (nSPS) is 12.6. The first-order valence-electron chi connectivity index (χ1n) is 7.24. The van der Waals surface area contributed by atoms with Crippen molar-refractivity contribution in [3.63, 3.8) is 0 Å². The molecule has 2 aromatic carbocycles. The van der Waals surface area contributed by atoms with Crippen LogP contribution in [0.3, 0.4) is 0 Å². The van der Waals surface area contributed by atoms with Crippen molar-refractivity contribution in [2.24, 2.45) is 0 Å². The molecular weight excluding hydrogens is 250 g/mol. The van der Waals surface area contributed by atoms with Crippen molar-refractivity contribution in [2.75, 3.05) is 13.2 Å². The van der Waals surface area contributed by atoms with Crippen LogP contribution in [0.2, 0.25) is 0 Å². The van der Waals surface area contributed by atoms with Gasteiger partial charge in [-0.25, -0.2) is 0 Å². The van der Waals surface area contributed by atoms with Gasteiger partial charge in [0.05, 0.1) is 12.7 Å². The molecule has 0 heterocycles. The molecule has 0 spiro atoms. The van der Waals surface area contributed by atoms with E-state index in [1.807, 2.05) is 18.2 Å². The van der Waals surface area contributed by atoms with Gasteiger partial charge in [-0.1, -0.05) is 37.3 Å². The van der Waals surface area contributed by atoms with Crippen LogP contribution in [0.4, 0.5) is 0 Å². The number of rotatable bonds is 7.